The van der Waals surface area contributed by atoms with Gasteiger partial charge in [-0.1, -0.05) is 18.2 Å². The number of methoxy groups -OCH3 is 1. The molecule has 0 unspecified atom stereocenters. The van der Waals surface area contributed by atoms with E-state index in [0.717, 1.165) is 53.9 Å². The summed E-state index contributed by atoms with van der Waals surface area (Å²) in [4.78, 5) is 29.7. The number of fused-ring (bicyclic) bond motifs is 3. The zero-order valence-electron chi connectivity index (χ0n) is 17.7. The minimum absolute atomic E-state index is 0.205. The van der Waals surface area contributed by atoms with E-state index in [-0.39, 0.29) is 11.9 Å². The highest BCUT2D eigenvalue weighted by molar-refractivity contribution is 5.94. The number of ether oxygens (including phenoxy) is 2. The van der Waals surface area contributed by atoms with Crippen molar-refractivity contribution in [2.45, 2.75) is 37.2 Å². The summed E-state index contributed by atoms with van der Waals surface area (Å²) in [7, 11) is 1.64. The van der Waals surface area contributed by atoms with Crippen molar-refractivity contribution in [3.63, 3.8) is 0 Å². The monoisotopic (exact) mass is 426 g/mol. The highest BCUT2D eigenvalue weighted by Crippen LogP contribution is 2.49. The van der Waals surface area contributed by atoms with Crippen LogP contribution in [0, 0.1) is 0 Å². The lowest BCUT2D eigenvalue weighted by Crippen LogP contribution is -2.31. The average molecular weight is 426 g/mol. The van der Waals surface area contributed by atoms with Crippen LogP contribution in [0.3, 0.4) is 0 Å². The number of carbonyl (C=O) groups excluding carboxylic acids is 1. The van der Waals surface area contributed by atoms with Gasteiger partial charge in [-0.05, 0) is 56.0 Å². The molecule has 3 heterocycles. The van der Waals surface area contributed by atoms with Crippen molar-refractivity contribution >= 4 is 17.1 Å². The molecule has 1 N–H and O–H groups in total. The molecule has 2 aliphatic rings. The number of hydrogen-bond acceptors (Lipinski definition) is 6. The number of carbonyl (C=O) groups is 1. The lowest BCUT2D eigenvalue weighted by atomic mass is 9.75. The zero-order valence-corrected chi connectivity index (χ0v) is 17.7. The molecule has 0 amide bonds. The van der Waals surface area contributed by atoms with Gasteiger partial charge in [-0.25, -0.2) is 19.7 Å². The minimum atomic E-state index is -0.489. The van der Waals surface area contributed by atoms with Crippen molar-refractivity contribution in [3.05, 3.63) is 71.7 Å². The van der Waals surface area contributed by atoms with E-state index in [1.165, 1.54) is 0 Å². The summed E-state index contributed by atoms with van der Waals surface area (Å²) < 4.78 is 11.1. The van der Waals surface area contributed by atoms with E-state index in [2.05, 4.69) is 15.0 Å². The third kappa shape index (κ3) is 2.96. The first-order valence-electron chi connectivity index (χ1n) is 10.9. The fourth-order valence-corrected chi connectivity index (χ4v) is 4.97. The fraction of sp³-hybridized carbons (Fsp3) is 0.280. The Morgan fingerprint density at radius 3 is 2.62 bits per heavy atom. The Hall–Kier alpha value is -3.74. The van der Waals surface area contributed by atoms with Gasteiger partial charge in [0.2, 0.25) is 0 Å². The lowest BCUT2D eigenvalue weighted by Gasteiger charge is -2.35. The standard InChI is InChI=1S/C25H22N4O3/c1-31-17-8-6-15(7-9-17)21-26-14-20-23(28-21)29-22(27-20)16-10-12-25(13-11-16)19-5-3-2-4-18(19)24(30)32-25/h2-9,14,16H,10-13H2,1H3,(H,26,27,28,29). The minimum Gasteiger partial charge on any atom is -0.497 e. The summed E-state index contributed by atoms with van der Waals surface area (Å²) in [6.07, 6.45) is 5.15. The molecule has 4 aromatic rings. The van der Waals surface area contributed by atoms with E-state index in [4.69, 9.17) is 14.5 Å². The highest BCUT2D eigenvalue weighted by atomic mass is 16.6. The first kappa shape index (κ1) is 19.0. The molecule has 1 spiro atoms. The molecule has 1 fully saturated rings. The molecule has 32 heavy (non-hydrogen) atoms. The van der Waals surface area contributed by atoms with Gasteiger partial charge in [0, 0.05) is 17.0 Å². The van der Waals surface area contributed by atoms with Gasteiger partial charge in [0.1, 0.15) is 22.7 Å². The van der Waals surface area contributed by atoms with Crippen molar-refractivity contribution < 1.29 is 14.3 Å². The molecule has 1 aliphatic carbocycles. The third-order valence-electron chi connectivity index (χ3n) is 6.71. The number of nitrogens with one attached hydrogen (secondary N) is 1. The number of nitrogens with zero attached hydrogens (tertiary/aromatic N) is 3. The Morgan fingerprint density at radius 1 is 1.06 bits per heavy atom. The Labute approximate surface area is 184 Å². The van der Waals surface area contributed by atoms with E-state index < -0.39 is 5.60 Å². The smallest absolute Gasteiger partial charge is 0.339 e. The van der Waals surface area contributed by atoms with Gasteiger partial charge in [-0.3, -0.25) is 0 Å². The van der Waals surface area contributed by atoms with E-state index in [1.807, 2.05) is 48.5 Å². The van der Waals surface area contributed by atoms with Crippen molar-refractivity contribution in [3.8, 4) is 17.1 Å². The maximum absolute atomic E-state index is 12.3. The number of imidazole rings is 1. The third-order valence-corrected chi connectivity index (χ3v) is 6.71. The molecule has 1 saturated carbocycles. The number of rotatable bonds is 3. The molecule has 1 aliphatic heterocycles. The molecule has 0 radical (unpaired) electrons. The van der Waals surface area contributed by atoms with Crippen molar-refractivity contribution in [1.82, 2.24) is 19.9 Å². The molecule has 6 rings (SSSR count). The molecular weight excluding hydrogens is 404 g/mol. The van der Waals surface area contributed by atoms with Crippen LogP contribution in [0.25, 0.3) is 22.6 Å². The Kier molecular flexibility index (Phi) is 4.24. The van der Waals surface area contributed by atoms with Crippen LogP contribution in [0.4, 0.5) is 0 Å². The van der Waals surface area contributed by atoms with Crippen LogP contribution >= 0.6 is 0 Å². The van der Waals surface area contributed by atoms with Gasteiger partial charge in [-0.2, -0.15) is 0 Å². The highest BCUT2D eigenvalue weighted by Gasteiger charge is 2.47. The maximum Gasteiger partial charge on any atom is 0.339 e. The van der Waals surface area contributed by atoms with Crippen LogP contribution in [-0.4, -0.2) is 33.0 Å². The number of benzene rings is 2. The van der Waals surface area contributed by atoms with Crippen molar-refractivity contribution in [1.29, 1.82) is 0 Å². The Morgan fingerprint density at radius 2 is 1.84 bits per heavy atom. The second-order valence-corrected chi connectivity index (χ2v) is 8.49. The summed E-state index contributed by atoms with van der Waals surface area (Å²) in [6.45, 7) is 0. The van der Waals surface area contributed by atoms with Gasteiger partial charge in [0.15, 0.2) is 11.5 Å². The van der Waals surface area contributed by atoms with E-state index in [9.17, 15) is 4.79 Å². The lowest BCUT2D eigenvalue weighted by molar-refractivity contribution is -0.0312. The van der Waals surface area contributed by atoms with Crippen LogP contribution < -0.4 is 4.74 Å². The van der Waals surface area contributed by atoms with E-state index >= 15 is 0 Å². The van der Waals surface area contributed by atoms with Crippen molar-refractivity contribution in [2.75, 3.05) is 7.11 Å². The molecule has 2 aromatic carbocycles. The molecule has 0 atom stereocenters. The molecule has 0 bridgehead atoms. The van der Waals surface area contributed by atoms with Crippen LogP contribution in [0.15, 0.2) is 54.7 Å². The first-order valence-corrected chi connectivity index (χ1v) is 10.9. The average Bonchev–Trinajstić information content (AvgIpc) is 3.39. The van der Waals surface area contributed by atoms with Gasteiger partial charge in [-0.15, -0.1) is 0 Å². The Bertz CT molecular complexity index is 1320. The van der Waals surface area contributed by atoms with Gasteiger partial charge in [0.25, 0.3) is 0 Å². The van der Waals surface area contributed by atoms with Crippen LogP contribution in [-0.2, 0) is 10.3 Å². The summed E-state index contributed by atoms with van der Waals surface area (Å²) in [5, 5.41) is 0. The van der Waals surface area contributed by atoms with Crippen LogP contribution in [0.5, 0.6) is 5.75 Å². The van der Waals surface area contributed by atoms with Gasteiger partial charge < -0.3 is 14.5 Å². The molecular formula is C25H22N4O3. The van der Waals surface area contributed by atoms with Gasteiger partial charge >= 0.3 is 5.97 Å². The second kappa shape index (κ2) is 7.15. The number of aromatic amines is 1. The second-order valence-electron chi connectivity index (χ2n) is 8.49. The molecule has 2 aromatic heterocycles. The normalized spacial score (nSPS) is 22.2. The summed E-state index contributed by atoms with van der Waals surface area (Å²) in [6, 6.07) is 15.4. The van der Waals surface area contributed by atoms with E-state index in [0.29, 0.717) is 17.0 Å². The predicted octanol–water partition coefficient (Wildman–Crippen LogP) is 4.75. The van der Waals surface area contributed by atoms with Crippen LogP contribution in [0.2, 0.25) is 0 Å². The SMILES string of the molecule is COc1ccc(-c2ncc3[nH]c(C4CCC5(CC4)OC(=O)c4ccccc45)nc3n2)cc1. The molecule has 160 valence electrons. The van der Waals surface area contributed by atoms with Crippen molar-refractivity contribution in [2.24, 2.45) is 0 Å². The van der Waals surface area contributed by atoms with Crippen LogP contribution in [0.1, 0.15) is 53.3 Å². The van der Waals surface area contributed by atoms with E-state index in [1.54, 1.807) is 13.3 Å². The summed E-state index contributed by atoms with van der Waals surface area (Å²) in [5.41, 5.74) is 3.66. The number of H-pyrrole nitrogens is 1. The fourth-order valence-electron chi connectivity index (χ4n) is 4.97. The number of aromatic nitrogens is 4. The summed E-state index contributed by atoms with van der Waals surface area (Å²) >= 11 is 0. The summed E-state index contributed by atoms with van der Waals surface area (Å²) in [5.74, 6) is 2.42. The zero-order chi connectivity index (χ0) is 21.7. The first-order chi connectivity index (χ1) is 15.6. The largest absolute Gasteiger partial charge is 0.497 e. The number of esters is 1. The number of hydrogen-bond donors (Lipinski definition) is 1. The predicted molar refractivity (Wildman–Crippen MR) is 118 cm³/mol. The maximum atomic E-state index is 12.3. The Balaban J connectivity index is 1.24. The molecule has 0 saturated heterocycles. The molecule has 7 heteroatoms. The van der Waals surface area contributed by atoms with Gasteiger partial charge in [0.05, 0.1) is 18.9 Å². The molecule has 7 nitrogen and oxygen atoms in total. The topological polar surface area (TPSA) is 90.0 Å². The quantitative estimate of drug-likeness (QED) is 0.476.